The maximum Gasteiger partial charge on any atom is 0.220 e. The first-order chi connectivity index (χ1) is 9.13. The summed E-state index contributed by atoms with van der Waals surface area (Å²) in [6.45, 7) is 3.83. The highest BCUT2D eigenvalue weighted by molar-refractivity contribution is 7.12. The molecule has 3 aromatic heterocycles. The van der Waals surface area contributed by atoms with E-state index in [0.717, 1.165) is 27.8 Å². The van der Waals surface area contributed by atoms with Crippen LogP contribution in [-0.4, -0.2) is 24.7 Å². The lowest BCUT2D eigenvalue weighted by Gasteiger charge is -2.01. The van der Waals surface area contributed by atoms with Gasteiger partial charge in [-0.15, -0.1) is 11.3 Å². The van der Waals surface area contributed by atoms with Crippen LogP contribution in [-0.2, 0) is 0 Å². The first-order valence-corrected chi connectivity index (χ1v) is 6.59. The van der Waals surface area contributed by atoms with Gasteiger partial charge in [-0.25, -0.2) is 19.6 Å². The van der Waals surface area contributed by atoms with Gasteiger partial charge in [0.2, 0.25) is 11.1 Å². The minimum atomic E-state index is 0.274. The molecule has 0 aliphatic rings. The van der Waals surface area contributed by atoms with Gasteiger partial charge in [0, 0.05) is 29.0 Å². The van der Waals surface area contributed by atoms with Crippen molar-refractivity contribution in [3.63, 3.8) is 0 Å². The molecule has 96 valence electrons. The Bertz CT molecular complexity index is 696. The van der Waals surface area contributed by atoms with E-state index in [1.807, 2.05) is 31.5 Å². The summed E-state index contributed by atoms with van der Waals surface area (Å²) >= 11 is 1.53. The Hall–Kier alpha value is -2.28. The molecule has 0 saturated heterocycles. The van der Waals surface area contributed by atoms with E-state index in [9.17, 15) is 0 Å². The number of nitrogen functional groups attached to an aromatic ring is 1. The topological polar surface area (TPSA) is 82.5 Å². The Morgan fingerprint density at radius 3 is 2.79 bits per heavy atom. The summed E-state index contributed by atoms with van der Waals surface area (Å²) < 4.78 is 1.75. The van der Waals surface area contributed by atoms with Gasteiger partial charge >= 0.3 is 0 Å². The van der Waals surface area contributed by atoms with Gasteiger partial charge in [0.25, 0.3) is 0 Å². The summed E-state index contributed by atoms with van der Waals surface area (Å²) in [5.74, 6) is 0.274. The van der Waals surface area contributed by atoms with Crippen molar-refractivity contribution in [1.82, 2.24) is 24.7 Å². The fraction of sp³-hybridized carbons (Fsp3) is 0.167. The molecule has 19 heavy (non-hydrogen) atoms. The van der Waals surface area contributed by atoms with Crippen molar-refractivity contribution in [1.29, 1.82) is 0 Å². The smallest absolute Gasteiger partial charge is 0.220 e. The van der Waals surface area contributed by atoms with Crippen LogP contribution in [0.3, 0.4) is 0 Å². The lowest BCUT2D eigenvalue weighted by Crippen LogP contribution is -1.98. The first-order valence-electron chi connectivity index (χ1n) is 5.71. The summed E-state index contributed by atoms with van der Waals surface area (Å²) in [6, 6.07) is 1.90. The van der Waals surface area contributed by atoms with Crippen LogP contribution in [0.25, 0.3) is 16.4 Å². The zero-order chi connectivity index (χ0) is 13.4. The van der Waals surface area contributed by atoms with Gasteiger partial charge < -0.3 is 5.73 Å². The molecular formula is C12H12N6S. The molecule has 7 heteroatoms. The number of rotatable bonds is 2. The van der Waals surface area contributed by atoms with E-state index < -0.39 is 0 Å². The number of hydrogen-bond donors (Lipinski definition) is 1. The highest BCUT2D eigenvalue weighted by Gasteiger charge is 2.12. The molecule has 0 bridgehead atoms. The Balaban J connectivity index is 2.10. The molecule has 0 aliphatic carbocycles. The van der Waals surface area contributed by atoms with E-state index in [1.165, 1.54) is 11.3 Å². The number of anilines is 1. The molecule has 0 saturated carbocycles. The normalized spacial score (nSPS) is 10.8. The Morgan fingerprint density at radius 2 is 2.11 bits per heavy atom. The SMILES string of the molecule is Cc1cc(-c2cn(-c3nccs3)nc2C)nc(N)n1. The van der Waals surface area contributed by atoms with Crippen molar-refractivity contribution < 1.29 is 0 Å². The molecule has 0 spiro atoms. The van der Waals surface area contributed by atoms with Gasteiger partial charge in [-0.3, -0.25) is 0 Å². The fourth-order valence-electron chi connectivity index (χ4n) is 1.87. The number of nitrogens with two attached hydrogens (primary N) is 1. The Labute approximate surface area is 114 Å². The minimum absolute atomic E-state index is 0.274. The van der Waals surface area contributed by atoms with Crippen molar-refractivity contribution in [2.75, 3.05) is 5.73 Å². The lowest BCUT2D eigenvalue weighted by molar-refractivity contribution is 0.853. The second kappa shape index (κ2) is 4.43. The van der Waals surface area contributed by atoms with E-state index >= 15 is 0 Å². The highest BCUT2D eigenvalue weighted by atomic mass is 32.1. The number of aromatic nitrogens is 5. The van der Waals surface area contributed by atoms with Crippen molar-refractivity contribution >= 4 is 17.3 Å². The van der Waals surface area contributed by atoms with Crippen LogP contribution in [0.1, 0.15) is 11.4 Å². The molecule has 0 aliphatic heterocycles. The standard InChI is InChI=1S/C12H12N6S/c1-7-5-10(16-11(13)15-7)9-6-18(17-8(9)2)12-14-3-4-19-12/h3-6H,1-2H3,(H2,13,15,16). The largest absolute Gasteiger partial charge is 0.368 e. The number of nitrogens with zero attached hydrogens (tertiary/aromatic N) is 5. The maximum atomic E-state index is 5.69. The summed E-state index contributed by atoms with van der Waals surface area (Å²) in [4.78, 5) is 12.6. The van der Waals surface area contributed by atoms with Gasteiger partial charge in [0.15, 0.2) is 0 Å². The maximum absolute atomic E-state index is 5.69. The predicted octanol–water partition coefficient (Wildman–Crippen LogP) is 1.98. The van der Waals surface area contributed by atoms with Crippen LogP contribution in [0.4, 0.5) is 5.95 Å². The average Bonchev–Trinajstić information content (AvgIpc) is 2.95. The molecule has 3 rings (SSSR count). The molecule has 0 atom stereocenters. The van der Waals surface area contributed by atoms with Crippen molar-refractivity contribution in [3.05, 3.63) is 35.2 Å². The van der Waals surface area contributed by atoms with Crippen LogP contribution in [0.15, 0.2) is 23.8 Å². The summed E-state index contributed by atoms with van der Waals surface area (Å²) in [5.41, 5.74) is 9.13. The van der Waals surface area contributed by atoms with Gasteiger partial charge in [0.05, 0.1) is 11.4 Å². The Kier molecular flexibility index (Phi) is 2.75. The van der Waals surface area contributed by atoms with Gasteiger partial charge in [0.1, 0.15) is 0 Å². The van der Waals surface area contributed by atoms with Crippen LogP contribution < -0.4 is 5.73 Å². The summed E-state index contributed by atoms with van der Waals surface area (Å²) in [7, 11) is 0. The number of hydrogen-bond acceptors (Lipinski definition) is 6. The number of thiazole rings is 1. The molecule has 0 unspecified atom stereocenters. The highest BCUT2D eigenvalue weighted by Crippen LogP contribution is 2.23. The third-order valence-electron chi connectivity index (χ3n) is 2.66. The zero-order valence-corrected chi connectivity index (χ0v) is 11.3. The molecule has 0 amide bonds. The van der Waals surface area contributed by atoms with Crippen molar-refractivity contribution in [2.45, 2.75) is 13.8 Å². The molecule has 3 heterocycles. The molecule has 0 fully saturated rings. The Morgan fingerprint density at radius 1 is 1.26 bits per heavy atom. The minimum Gasteiger partial charge on any atom is -0.368 e. The van der Waals surface area contributed by atoms with Gasteiger partial charge in [-0.2, -0.15) is 5.10 Å². The van der Waals surface area contributed by atoms with Crippen molar-refractivity contribution in [3.8, 4) is 16.4 Å². The van der Waals surface area contributed by atoms with E-state index in [4.69, 9.17) is 5.73 Å². The van der Waals surface area contributed by atoms with Crippen LogP contribution >= 0.6 is 11.3 Å². The van der Waals surface area contributed by atoms with E-state index in [-0.39, 0.29) is 5.95 Å². The molecule has 3 aromatic rings. The molecule has 0 aromatic carbocycles. The van der Waals surface area contributed by atoms with E-state index in [2.05, 4.69) is 20.1 Å². The van der Waals surface area contributed by atoms with Gasteiger partial charge in [-0.1, -0.05) is 0 Å². The third kappa shape index (κ3) is 2.19. The van der Waals surface area contributed by atoms with Crippen molar-refractivity contribution in [2.24, 2.45) is 0 Å². The monoisotopic (exact) mass is 272 g/mol. The first kappa shape index (κ1) is 11.8. The van der Waals surface area contributed by atoms with Crippen LogP contribution in [0, 0.1) is 13.8 Å². The third-order valence-corrected chi connectivity index (χ3v) is 3.42. The quantitative estimate of drug-likeness (QED) is 0.771. The summed E-state index contributed by atoms with van der Waals surface area (Å²) in [6.07, 6.45) is 3.67. The summed E-state index contributed by atoms with van der Waals surface area (Å²) in [5, 5.41) is 7.19. The van der Waals surface area contributed by atoms with Crippen LogP contribution in [0.5, 0.6) is 0 Å². The lowest BCUT2D eigenvalue weighted by atomic mass is 10.2. The van der Waals surface area contributed by atoms with Gasteiger partial charge in [-0.05, 0) is 19.9 Å². The number of aryl methyl sites for hydroxylation is 2. The molecule has 2 N–H and O–H groups in total. The fourth-order valence-corrected chi connectivity index (χ4v) is 2.43. The average molecular weight is 272 g/mol. The molecule has 0 radical (unpaired) electrons. The molecular weight excluding hydrogens is 260 g/mol. The zero-order valence-electron chi connectivity index (χ0n) is 10.5. The second-order valence-electron chi connectivity index (χ2n) is 4.14. The predicted molar refractivity (Wildman–Crippen MR) is 74.1 cm³/mol. The molecule has 6 nitrogen and oxygen atoms in total. The van der Waals surface area contributed by atoms with E-state index in [1.54, 1.807) is 10.9 Å². The second-order valence-corrected chi connectivity index (χ2v) is 5.01. The van der Waals surface area contributed by atoms with E-state index in [0.29, 0.717) is 0 Å². The van der Waals surface area contributed by atoms with Crippen LogP contribution in [0.2, 0.25) is 0 Å².